The number of carbonyl (C=O) groups is 1. The van der Waals surface area contributed by atoms with Gasteiger partial charge in [-0.3, -0.25) is 10.1 Å². The van der Waals surface area contributed by atoms with Crippen LogP contribution in [0.3, 0.4) is 0 Å². The predicted molar refractivity (Wildman–Crippen MR) is 194 cm³/mol. The molecule has 0 heterocycles. The summed E-state index contributed by atoms with van der Waals surface area (Å²) in [6, 6.07) is 34.6. The molecule has 1 radical (unpaired) electrons. The van der Waals surface area contributed by atoms with E-state index in [1.807, 2.05) is 30.3 Å². The maximum absolute atomic E-state index is 10.4. The summed E-state index contributed by atoms with van der Waals surface area (Å²) in [5, 5.41) is 33.1. The summed E-state index contributed by atoms with van der Waals surface area (Å²) in [4.78, 5) is 20.0. The molecule has 5 aromatic carbocycles. The van der Waals surface area contributed by atoms with Gasteiger partial charge < -0.3 is 26.8 Å². The minimum absolute atomic E-state index is 0. The third-order valence-electron chi connectivity index (χ3n) is 6.78. The summed E-state index contributed by atoms with van der Waals surface area (Å²) < 4.78 is 11.6. The van der Waals surface area contributed by atoms with Crippen molar-refractivity contribution < 1.29 is 44.4 Å². The second kappa shape index (κ2) is 18.6. The summed E-state index contributed by atoms with van der Waals surface area (Å²) in [7, 11) is 4.66. The van der Waals surface area contributed by atoms with Crippen LogP contribution in [0.15, 0.2) is 97.1 Å². The quantitative estimate of drug-likeness (QED) is 0.0765. The first kappa shape index (κ1) is 40.3. The summed E-state index contributed by atoms with van der Waals surface area (Å²) in [6.45, 7) is 0. The molecule has 48 heavy (non-hydrogen) atoms. The molecule has 0 aliphatic rings. The van der Waals surface area contributed by atoms with Gasteiger partial charge >= 0.3 is 0 Å². The van der Waals surface area contributed by atoms with Crippen LogP contribution < -0.4 is 30.7 Å². The van der Waals surface area contributed by atoms with Crippen LogP contribution in [0.2, 0.25) is 10.0 Å². The number of hydrogen-bond acceptors (Lipinski definition) is 6. The number of nitriles is 1. The van der Waals surface area contributed by atoms with Crippen molar-refractivity contribution in [2.24, 2.45) is 0 Å². The van der Waals surface area contributed by atoms with E-state index in [4.69, 9.17) is 43.0 Å². The fraction of sp³-hybridized carbons (Fsp3) is 0.0571. The largest absolute Gasteiger partial charge is 0.521 e. The van der Waals surface area contributed by atoms with Crippen LogP contribution in [0.1, 0.15) is 15.9 Å². The first-order valence-corrected chi connectivity index (χ1v) is 16.3. The van der Waals surface area contributed by atoms with E-state index < -0.39 is 24.5 Å². The number of nitro benzene ring substituents is 1. The maximum atomic E-state index is 10.4. The van der Waals surface area contributed by atoms with Gasteiger partial charge in [0.2, 0.25) is 11.7 Å². The van der Waals surface area contributed by atoms with Gasteiger partial charge in [-0.05, 0) is 47.8 Å². The van der Waals surface area contributed by atoms with E-state index in [0.29, 0.717) is 21.5 Å². The molecule has 0 amide bonds. The fourth-order valence-corrected chi connectivity index (χ4v) is 8.36. The molecule has 0 aliphatic carbocycles. The van der Waals surface area contributed by atoms with Crippen molar-refractivity contribution in [3.63, 3.8) is 0 Å². The molecule has 5 aromatic rings. The number of methoxy groups -OCH3 is 2. The number of nitro groups is 1. The van der Waals surface area contributed by atoms with Crippen molar-refractivity contribution in [3.8, 4) is 28.7 Å². The minimum atomic E-state index is -1.40. The summed E-state index contributed by atoms with van der Waals surface area (Å²) in [5.74, 6) is -0.108. The van der Waals surface area contributed by atoms with E-state index >= 15 is 0 Å². The van der Waals surface area contributed by atoms with E-state index in [9.17, 15) is 14.9 Å². The molecule has 0 aromatic heterocycles. The van der Waals surface area contributed by atoms with Crippen LogP contribution in [0.25, 0.3) is 11.1 Å². The van der Waals surface area contributed by atoms with Gasteiger partial charge in [0.15, 0.2) is 0 Å². The van der Waals surface area contributed by atoms with Crippen molar-refractivity contribution in [2.75, 3.05) is 14.2 Å². The molecule has 0 spiro atoms. The molecule has 5 rings (SSSR count). The third-order valence-corrected chi connectivity index (χ3v) is 10.6. The second-order valence-corrected chi connectivity index (χ2v) is 13.4. The van der Waals surface area contributed by atoms with Gasteiger partial charge in [0.1, 0.15) is 27.4 Å². The standard InChI is InChI=1S/C26H22Cl2O2P2.C8H3N2O4.CH3.Ir/c1-29-25-19(27)13-15-21(31)23(25)24-22(16-14-20(28)26(24)30-2)32(17-9-5-3-6-10-17)18-11-7-4-8-12-18;9-4-6-2-1-5(8(11)12)3-7(6)10(13)14;;/h3-16H,31H2,1-2H3;2-3H,(H,11,12);1H3;/q;2*-1;/p+1. The predicted octanol–water partition coefficient (Wildman–Crippen LogP) is 7.08. The average molecular weight is 899 g/mol. The van der Waals surface area contributed by atoms with Crippen LogP contribution in [-0.2, 0) is 20.1 Å². The number of ether oxygens (including phenoxy) is 2. The van der Waals surface area contributed by atoms with Crippen molar-refractivity contribution in [1.82, 2.24) is 0 Å². The maximum Gasteiger partial charge on any atom is 0.247 e. The molecule has 0 fully saturated rings. The van der Waals surface area contributed by atoms with E-state index in [1.54, 1.807) is 20.3 Å². The van der Waals surface area contributed by atoms with Crippen molar-refractivity contribution in [3.05, 3.63) is 142 Å². The molecule has 1 atom stereocenters. The zero-order valence-corrected chi connectivity index (χ0v) is 31.8. The van der Waals surface area contributed by atoms with Crippen LogP contribution >= 0.6 is 40.4 Å². The Labute approximate surface area is 306 Å². The van der Waals surface area contributed by atoms with Crippen molar-refractivity contribution >= 4 is 73.2 Å². The van der Waals surface area contributed by atoms with Crippen LogP contribution in [0, 0.1) is 34.9 Å². The number of carboxylic acids is 1. The van der Waals surface area contributed by atoms with Gasteiger partial charge in [-0.1, -0.05) is 77.3 Å². The van der Waals surface area contributed by atoms with Crippen LogP contribution in [-0.4, -0.2) is 30.2 Å². The molecule has 0 bridgehead atoms. The summed E-state index contributed by atoms with van der Waals surface area (Å²) in [6.07, 6.45) is 0. The normalized spacial score (nSPS) is 9.94. The molecule has 0 aliphatic heterocycles. The van der Waals surface area contributed by atoms with Crippen molar-refractivity contribution in [1.29, 1.82) is 5.26 Å². The Morgan fingerprint density at radius 3 is 1.88 bits per heavy atom. The number of nitrogens with zero attached hydrogens (tertiary/aromatic N) is 2. The van der Waals surface area contributed by atoms with Gasteiger partial charge in [-0.25, -0.2) is 5.26 Å². The van der Waals surface area contributed by atoms with E-state index in [2.05, 4.69) is 69.9 Å². The van der Waals surface area contributed by atoms with E-state index in [-0.39, 0.29) is 38.7 Å². The second-order valence-electron chi connectivity index (χ2n) is 9.47. The molecule has 0 saturated heterocycles. The van der Waals surface area contributed by atoms with Gasteiger partial charge in [0.25, 0.3) is 0 Å². The number of benzene rings is 5. The van der Waals surface area contributed by atoms with E-state index in [1.165, 1.54) is 10.6 Å². The van der Waals surface area contributed by atoms with Crippen molar-refractivity contribution in [2.45, 2.75) is 0 Å². The molecular formula is C35H29Cl2IrN2O6P2-. The number of carboxylic acid groups (broad SMARTS) is 1. The Morgan fingerprint density at radius 1 is 0.917 bits per heavy atom. The topological polar surface area (TPSA) is 123 Å². The summed E-state index contributed by atoms with van der Waals surface area (Å²) in [5.41, 5.74) is 0.707. The Balaban J connectivity index is 0.000000425. The monoisotopic (exact) mass is 898 g/mol. The third kappa shape index (κ3) is 8.98. The Hall–Kier alpha value is -3.85. The molecule has 1 unspecified atom stereocenters. The molecule has 13 heteroatoms. The Bertz CT molecular complexity index is 1900. The zero-order chi connectivity index (χ0) is 33.4. The smallest absolute Gasteiger partial charge is 0.247 e. The fourth-order valence-electron chi connectivity index (χ4n) is 4.77. The average Bonchev–Trinajstić information content (AvgIpc) is 3.07. The first-order chi connectivity index (χ1) is 22.1. The number of aromatic carboxylic acids is 1. The van der Waals surface area contributed by atoms with Gasteiger partial charge in [-0.2, -0.15) is 0 Å². The molecule has 249 valence electrons. The first-order valence-electron chi connectivity index (χ1n) is 13.4. The van der Waals surface area contributed by atoms with Crippen LogP contribution in [0.5, 0.6) is 11.5 Å². The molecule has 0 saturated carbocycles. The minimum Gasteiger partial charge on any atom is -0.521 e. The number of rotatable bonds is 8. The Kier molecular flexibility index (Phi) is 15.6. The van der Waals surface area contributed by atoms with Gasteiger partial charge in [-0.15, -0.1) is 21.4 Å². The molecule has 1 N–H and O–H groups in total. The SMILES string of the molecule is COc1c(Cl)ccc(P)c1-c1c([PH+](c2ccccc2)c2ccccc2)ccc(Cl)c1OC.N#Cc1c[c-]c(C(=O)O)cc1[N+](=O)[O-].[CH3-].[Ir]. The van der Waals surface area contributed by atoms with Crippen LogP contribution in [0.4, 0.5) is 5.69 Å². The van der Waals surface area contributed by atoms with Gasteiger partial charge in [0, 0.05) is 36.2 Å². The number of hydrogen-bond donors (Lipinski definition) is 1. The zero-order valence-electron chi connectivity index (χ0n) is 25.8. The molecular weight excluding hydrogens is 869 g/mol. The molecule has 8 nitrogen and oxygen atoms in total. The van der Waals surface area contributed by atoms with E-state index in [0.717, 1.165) is 33.9 Å². The van der Waals surface area contributed by atoms with Gasteiger partial charge in [0.05, 0.1) is 43.8 Å². The Morgan fingerprint density at radius 2 is 1.42 bits per heavy atom. The number of halogens is 2. The summed E-state index contributed by atoms with van der Waals surface area (Å²) >= 11 is 13.2.